The minimum absolute atomic E-state index is 0.0626. The van der Waals surface area contributed by atoms with Crippen LogP contribution in [0.25, 0.3) is 10.8 Å². The van der Waals surface area contributed by atoms with Crippen LogP contribution < -0.4 is 10.1 Å². The van der Waals surface area contributed by atoms with Crippen LogP contribution in [0.3, 0.4) is 0 Å². The molecule has 30 heavy (non-hydrogen) atoms. The van der Waals surface area contributed by atoms with E-state index < -0.39 is 6.04 Å². The van der Waals surface area contributed by atoms with Gasteiger partial charge in [-0.05, 0) is 53.1 Å². The molecule has 164 valence electrons. The lowest BCUT2D eigenvalue weighted by molar-refractivity contribution is -0.149. The maximum atomic E-state index is 12.9. The highest BCUT2D eigenvalue weighted by Crippen LogP contribution is 2.25. The van der Waals surface area contributed by atoms with Crippen molar-refractivity contribution in [1.29, 1.82) is 0 Å². The number of carbonyl (C=O) groups is 2. The highest BCUT2D eigenvalue weighted by Gasteiger charge is 2.28. The van der Waals surface area contributed by atoms with E-state index in [0.717, 1.165) is 28.5 Å². The largest absolute Gasteiger partial charge is 0.497 e. The normalized spacial score (nSPS) is 13.7. The molecule has 0 aliphatic heterocycles. The average molecular weight is 414 g/mol. The minimum atomic E-state index is -0.662. The fourth-order valence-corrected chi connectivity index (χ4v) is 3.11. The Hall–Kier alpha value is -2.56. The Morgan fingerprint density at radius 2 is 1.63 bits per heavy atom. The highest BCUT2D eigenvalue weighted by molar-refractivity contribution is 5.90. The number of rotatable bonds is 8. The van der Waals surface area contributed by atoms with E-state index in [2.05, 4.69) is 26.1 Å². The van der Waals surface area contributed by atoms with Crippen molar-refractivity contribution in [3.63, 3.8) is 0 Å². The van der Waals surface area contributed by atoms with Crippen molar-refractivity contribution in [2.45, 2.75) is 59.9 Å². The van der Waals surface area contributed by atoms with Gasteiger partial charge in [0.05, 0.1) is 19.6 Å². The van der Waals surface area contributed by atoms with E-state index >= 15 is 0 Å². The number of ether oxygens (including phenoxy) is 2. The molecule has 0 aliphatic rings. The van der Waals surface area contributed by atoms with Gasteiger partial charge in [-0.25, -0.2) is 4.79 Å². The van der Waals surface area contributed by atoms with Crippen molar-refractivity contribution < 1.29 is 19.1 Å². The van der Waals surface area contributed by atoms with Crippen LogP contribution in [0.15, 0.2) is 36.4 Å². The Morgan fingerprint density at radius 3 is 2.23 bits per heavy atom. The van der Waals surface area contributed by atoms with Crippen LogP contribution >= 0.6 is 0 Å². The molecular weight excluding hydrogens is 378 g/mol. The average Bonchev–Trinajstić information content (AvgIpc) is 2.69. The van der Waals surface area contributed by atoms with Crippen LogP contribution in [0, 0.1) is 11.3 Å². The summed E-state index contributed by atoms with van der Waals surface area (Å²) in [5, 5.41) is 4.98. The van der Waals surface area contributed by atoms with Gasteiger partial charge in [-0.15, -0.1) is 0 Å². The Bertz CT molecular complexity index is 882. The summed E-state index contributed by atoms with van der Waals surface area (Å²) in [6, 6.07) is 11.1. The Balaban J connectivity index is 2.07. The molecule has 5 heteroatoms. The summed E-state index contributed by atoms with van der Waals surface area (Å²) in [7, 11) is 1.64. The van der Waals surface area contributed by atoms with E-state index in [1.165, 1.54) is 0 Å². The molecule has 2 aromatic carbocycles. The molecule has 0 heterocycles. The highest BCUT2D eigenvalue weighted by atomic mass is 16.5. The molecule has 0 fully saturated rings. The predicted molar refractivity (Wildman–Crippen MR) is 121 cm³/mol. The van der Waals surface area contributed by atoms with Crippen molar-refractivity contribution in [3.8, 4) is 5.75 Å². The molecule has 2 rings (SSSR count). The standard InChI is InChI=1S/C25H35NO4/c1-16(2)22(24(28)30-13-12-25(4,5)6)26-23(27)17(3)18-8-9-20-15-21(29-7)11-10-19(20)14-18/h8-11,14-17,22H,12-13H2,1-7H3,(H,26,27)/t17-,22-/m0/s1. The lowest BCUT2D eigenvalue weighted by atomic mass is 9.93. The molecule has 0 saturated carbocycles. The summed E-state index contributed by atoms with van der Waals surface area (Å²) in [5.74, 6) is -0.215. The number of methoxy groups -OCH3 is 1. The Kier molecular flexibility index (Phi) is 7.88. The summed E-state index contributed by atoms with van der Waals surface area (Å²) < 4.78 is 10.7. The van der Waals surface area contributed by atoms with Gasteiger partial charge >= 0.3 is 5.97 Å². The summed E-state index contributed by atoms with van der Waals surface area (Å²) in [6.07, 6.45) is 0.774. The zero-order valence-electron chi connectivity index (χ0n) is 19.2. The van der Waals surface area contributed by atoms with Crippen molar-refractivity contribution in [2.24, 2.45) is 11.3 Å². The maximum Gasteiger partial charge on any atom is 0.328 e. The number of carbonyl (C=O) groups excluding carboxylic acids is 2. The molecule has 0 aromatic heterocycles. The molecule has 0 saturated heterocycles. The summed E-state index contributed by atoms with van der Waals surface area (Å²) in [6.45, 7) is 12.3. The van der Waals surface area contributed by atoms with Crippen LogP contribution in [0.4, 0.5) is 0 Å². The van der Waals surface area contributed by atoms with E-state index in [0.29, 0.717) is 6.61 Å². The van der Waals surface area contributed by atoms with Crippen LogP contribution in [0.2, 0.25) is 0 Å². The number of hydrogen-bond acceptors (Lipinski definition) is 4. The van der Waals surface area contributed by atoms with Crippen LogP contribution in [0.5, 0.6) is 5.75 Å². The smallest absolute Gasteiger partial charge is 0.328 e. The molecule has 0 spiro atoms. The Morgan fingerprint density at radius 1 is 1.00 bits per heavy atom. The van der Waals surface area contributed by atoms with Gasteiger partial charge in [-0.2, -0.15) is 0 Å². The third kappa shape index (κ3) is 6.48. The minimum Gasteiger partial charge on any atom is -0.497 e. The maximum absolute atomic E-state index is 12.9. The van der Waals surface area contributed by atoms with Gasteiger partial charge < -0.3 is 14.8 Å². The summed E-state index contributed by atoms with van der Waals surface area (Å²) in [5.41, 5.74) is 0.986. The molecule has 0 unspecified atom stereocenters. The van der Waals surface area contributed by atoms with Crippen LogP contribution in [-0.4, -0.2) is 31.6 Å². The zero-order valence-corrected chi connectivity index (χ0v) is 19.2. The molecule has 0 bridgehead atoms. The third-order valence-electron chi connectivity index (χ3n) is 5.28. The first kappa shape index (κ1) is 23.7. The number of fused-ring (bicyclic) bond motifs is 1. The Labute approximate surface area is 180 Å². The van der Waals surface area contributed by atoms with Gasteiger partial charge in [-0.1, -0.05) is 58.9 Å². The van der Waals surface area contributed by atoms with E-state index in [1.807, 2.05) is 57.2 Å². The van der Waals surface area contributed by atoms with Crippen molar-refractivity contribution in [3.05, 3.63) is 42.0 Å². The van der Waals surface area contributed by atoms with Gasteiger partial charge in [0.15, 0.2) is 0 Å². The number of benzene rings is 2. The van der Waals surface area contributed by atoms with Crippen LogP contribution in [0.1, 0.15) is 59.4 Å². The van der Waals surface area contributed by atoms with E-state index in [4.69, 9.17) is 9.47 Å². The second-order valence-corrected chi connectivity index (χ2v) is 9.40. The first-order chi connectivity index (χ1) is 14.0. The van der Waals surface area contributed by atoms with Gasteiger partial charge in [-0.3, -0.25) is 4.79 Å². The second kappa shape index (κ2) is 9.96. The number of hydrogen-bond donors (Lipinski definition) is 1. The molecule has 1 amide bonds. The number of nitrogens with one attached hydrogen (secondary N) is 1. The fourth-order valence-electron chi connectivity index (χ4n) is 3.11. The molecule has 0 aliphatic carbocycles. The van der Waals surface area contributed by atoms with Crippen molar-refractivity contribution >= 4 is 22.6 Å². The summed E-state index contributed by atoms with van der Waals surface area (Å²) in [4.78, 5) is 25.4. The van der Waals surface area contributed by atoms with E-state index in [9.17, 15) is 9.59 Å². The number of esters is 1. The van der Waals surface area contributed by atoms with Crippen molar-refractivity contribution in [2.75, 3.05) is 13.7 Å². The van der Waals surface area contributed by atoms with Crippen LogP contribution in [-0.2, 0) is 14.3 Å². The molecule has 5 nitrogen and oxygen atoms in total. The quantitative estimate of drug-likeness (QED) is 0.614. The first-order valence-electron chi connectivity index (χ1n) is 10.6. The lowest BCUT2D eigenvalue weighted by Gasteiger charge is -2.24. The van der Waals surface area contributed by atoms with E-state index in [-0.39, 0.29) is 29.1 Å². The number of amides is 1. The van der Waals surface area contributed by atoms with E-state index in [1.54, 1.807) is 7.11 Å². The van der Waals surface area contributed by atoms with Gasteiger partial charge in [0, 0.05) is 0 Å². The molecule has 2 atom stereocenters. The summed E-state index contributed by atoms with van der Waals surface area (Å²) >= 11 is 0. The topological polar surface area (TPSA) is 64.6 Å². The lowest BCUT2D eigenvalue weighted by Crippen LogP contribution is -2.46. The zero-order chi connectivity index (χ0) is 22.5. The van der Waals surface area contributed by atoms with Gasteiger partial charge in [0.2, 0.25) is 5.91 Å². The predicted octanol–water partition coefficient (Wildman–Crippen LogP) is 5.07. The van der Waals surface area contributed by atoms with Gasteiger partial charge in [0.1, 0.15) is 11.8 Å². The molecule has 0 radical (unpaired) electrons. The monoisotopic (exact) mass is 413 g/mol. The fraction of sp³-hybridized carbons (Fsp3) is 0.520. The molecular formula is C25H35NO4. The second-order valence-electron chi connectivity index (χ2n) is 9.40. The first-order valence-corrected chi connectivity index (χ1v) is 10.6. The SMILES string of the molecule is COc1ccc2cc([C@H](C)C(=O)N[C@H](C(=O)OCCC(C)(C)C)C(C)C)ccc2c1. The third-order valence-corrected chi connectivity index (χ3v) is 5.28. The van der Waals surface area contributed by atoms with Gasteiger partial charge in [0.25, 0.3) is 0 Å². The molecule has 1 N–H and O–H groups in total. The molecule has 2 aromatic rings. The van der Waals surface area contributed by atoms with Crippen molar-refractivity contribution in [1.82, 2.24) is 5.32 Å².